The lowest BCUT2D eigenvalue weighted by molar-refractivity contribution is -0.274. The van der Waals surface area contributed by atoms with E-state index in [-0.39, 0.29) is 23.3 Å². The van der Waals surface area contributed by atoms with Crippen LogP contribution in [0.4, 0.5) is 47.3 Å². The number of rotatable bonds is 3. The maximum Gasteiger partial charge on any atom is 0.573 e. The molecule has 7 aromatic rings. The van der Waals surface area contributed by atoms with E-state index >= 15 is 0 Å². The quantitative estimate of drug-likeness (QED) is 0.169. The van der Waals surface area contributed by atoms with E-state index in [2.05, 4.69) is 112 Å². The zero-order valence-electron chi connectivity index (χ0n) is 31.2. The molecule has 54 heavy (non-hydrogen) atoms. The molecule has 0 aliphatic carbocycles. The Morgan fingerprint density at radius 3 is 1.22 bits per heavy atom. The molecule has 0 N–H and O–H groups in total. The molecule has 0 fully saturated rings. The largest absolute Gasteiger partial charge is 0.573 e. The van der Waals surface area contributed by atoms with Gasteiger partial charge in [-0.2, -0.15) is 0 Å². The normalized spacial score (nSPS) is 13.9. The Bertz CT molecular complexity index is 2440. The Labute approximate surface area is 314 Å². The SMILES string of the molecule is CC(C)(C)c1cc2c(c3ccccc13)N(c1ccccc1)c1cc(OC(F)(F)F)cc3c1B2c1cc(C(C)(C)C)c2ccccc2c1N3c1ccccc1. The lowest BCUT2D eigenvalue weighted by Crippen LogP contribution is -2.62. The van der Waals surface area contributed by atoms with Crippen molar-refractivity contribution in [3.63, 3.8) is 0 Å². The van der Waals surface area contributed by atoms with E-state index in [1.807, 2.05) is 60.7 Å². The van der Waals surface area contributed by atoms with Crippen molar-refractivity contribution in [3.8, 4) is 5.75 Å². The highest BCUT2D eigenvalue weighted by Gasteiger charge is 2.47. The predicted octanol–water partition coefficient (Wildman–Crippen LogP) is 11.6. The van der Waals surface area contributed by atoms with Gasteiger partial charge in [-0.3, -0.25) is 0 Å². The van der Waals surface area contributed by atoms with Crippen LogP contribution in [-0.2, 0) is 10.8 Å². The van der Waals surface area contributed by atoms with Gasteiger partial charge < -0.3 is 14.5 Å². The summed E-state index contributed by atoms with van der Waals surface area (Å²) in [6.45, 7) is 13.2. The Balaban J connectivity index is 1.53. The number of halogens is 3. The summed E-state index contributed by atoms with van der Waals surface area (Å²) in [7, 11) is 0. The zero-order valence-corrected chi connectivity index (χ0v) is 31.2. The van der Waals surface area contributed by atoms with Crippen LogP contribution in [0.2, 0.25) is 0 Å². The third kappa shape index (κ3) is 5.35. The third-order valence-corrected chi connectivity index (χ3v) is 10.9. The van der Waals surface area contributed by atoms with Gasteiger partial charge in [-0.25, -0.2) is 0 Å². The van der Waals surface area contributed by atoms with E-state index in [9.17, 15) is 13.2 Å². The lowest BCUT2D eigenvalue weighted by Gasteiger charge is -2.46. The van der Waals surface area contributed by atoms with E-state index in [0.717, 1.165) is 60.7 Å². The molecule has 2 heterocycles. The summed E-state index contributed by atoms with van der Waals surface area (Å²) < 4.78 is 47.8. The van der Waals surface area contributed by atoms with Crippen molar-refractivity contribution >= 4 is 78.8 Å². The summed E-state index contributed by atoms with van der Waals surface area (Å²) in [6.07, 6.45) is -4.89. The van der Waals surface area contributed by atoms with Crippen molar-refractivity contribution < 1.29 is 17.9 Å². The van der Waals surface area contributed by atoms with Crippen LogP contribution >= 0.6 is 0 Å². The standard InChI is InChI=1S/C47H40BF3N2O/c1-45(2,3)36-27-38-43(34-23-15-13-21-32(34)36)52(29-17-9-7-10-18-29)40-25-31(54-47(49,50)51)26-41-42(40)48(38)39-28-37(46(4,5)6)33-22-14-16-24-35(33)44(39)53(41)30-19-11-8-12-20-30/h7-28H,1-6H3. The number of hydrogen-bond donors (Lipinski definition) is 0. The molecule has 0 atom stereocenters. The summed E-state index contributed by atoms with van der Waals surface area (Å²) in [4.78, 5) is 4.31. The van der Waals surface area contributed by atoms with E-state index in [4.69, 9.17) is 4.74 Å². The Hall–Kier alpha value is -5.69. The number of anilines is 6. The first-order chi connectivity index (χ1) is 25.7. The van der Waals surface area contributed by atoms with Crippen molar-refractivity contribution in [1.29, 1.82) is 0 Å². The van der Waals surface area contributed by atoms with Crippen molar-refractivity contribution in [2.75, 3.05) is 9.80 Å². The first-order valence-corrected chi connectivity index (χ1v) is 18.5. The first kappa shape index (κ1) is 34.1. The summed E-state index contributed by atoms with van der Waals surface area (Å²) in [5.74, 6) is -0.269. The molecular formula is C47H40BF3N2O. The van der Waals surface area contributed by atoms with Gasteiger partial charge in [0.25, 0.3) is 6.71 Å². The molecule has 0 bridgehead atoms. The number of alkyl halides is 3. The average Bonchev–Trinajstić information content (AvgIpc) is 3.13. The van der Waals surface area contributed by atoms with Crippen LogP contribution in [0, 0.1) is 0 Å². The third-order valence-electron chi connectivity index (χ3n) is 10.9. The second kappa shape index (κ2) is 11.9. The second-order valence-electron chi connectivity index (χ2n) is 16.5. The van der Waals surface area contributed by atoms with Crippen LogP contribution in [0.5, 0.6) is 5.75 Å². The molecule has 3 nitrogen and oxygen atoms in total. The Kier molecular flexibility index (Phi) is 7.52. The molecule has 0 spiro atoms. The van der Waals surface area contributed by atoms with Gasteiger partial charge in [-0.15, -0.1) is 13.2 Å². The van der Waals surface area contributed by atoms with Gasteiger partial charge in [0.1, 0.15) is 5.75 Å². The van der Waals surface area contributed by atoms with Crippen molar-refractivity contribution in [2.24, 2.45) is 0 Å². The number of fused-ring (bicyclic) bond motifs is 8. The van der Waals surface area contributed by atoms with Crippen LogP contribution in [0.15, 0.2) is 133 Å². The average molecular weight is 717 g/mol. The van der Waals surface area contributed by atoms with Crippen LogP contribution in [0.25, 0.3) is 21.5 Å². The highest BCUT2D eigenvalue weighted by Crippen LogP contribution is 2.50. The van der Waals surface area contributed by atoms with Crippen LogP contribution in [0.3, 0.4) is 0 Å². The van der Waals surface area contributed by atoms with Gasteiger partial charge in [0, 0.05) is 57.0 Å². The van der Waals surface area contributed by atoms with E-state index in [0.29, 0.717) is 11.4 Å². The van der Waals surface area contributed by atoms with Gasteiger partial charge >= 0.3 is 6.36 Å². The fourth-order valence-corrected chi connectivity index (χ4v) is 8.81. The molecular weight excluding hydrogens is 676 g/mol. The highest BCUT2D eigenvalue weighted by molar-refractivity contribution is 7.01. The fraction of sp³-hybridized carbons (Fsp3) is 0.191. The number of ether oxygens (including phenoxy) is 1. The molecule has 268 valence electrons. The molecule has 7 aromatic carbocycles. The van der Waals surface area contributed by atoms with Gasteiger partial charge in [-0.05, 0) is 73.4 Å². The second-order valence-corrected chi connectivity index (χ2v) is 16.5. The maximum absolute atomic E-state index is 14.3. The number of hydrogen-bond acceptors (Lipinski definition) is 3. The van der Waals surface area contributed by atoms with E-state index < -0.39 is 6.36 Å². The van der Waals surface area contributed by atoms with Crippen molar-refractivity contribution in [3.05, 3.63) is 145 Å². The molecule has 0 aromatic heterocycles. The van der Waals surface area contributed by atoms with E-state index in [1.165, 1.54) is 11.1 Å². The zero-order chi connectivity index (χ0) is 37.7. The molecule has 0 unspecified atom stereocenters. The molecule has 0 radical (unpaired) electrons. The minimum absolute atomic E-state index is 0.201. The number of para-hydroxylation sites is 2. The molecule has 2 aliphatic rings. The van der Waals surface area contributed by atoms with Crippen molar-refractivity contribution in [1.82, 2.24) is 0 Å². The van der Waals surface area contributed by atoms with Gasteiger partial charge in [-0.1, -0.05) is 139 Å². The van der Waals surface area contributed by atoms with E-state index in [1.54, 1.807) is 12.1 Å². The summed E-state index contributed by atoms with van der Waals surface area (Å²) >= 11 is 0. The fourth-order valence-electron chi connectivity index (χ4n) is 8.81. The number of benzene rings is 7. The maximum atomic E-state index is 14.3. The van der Waals surface area contributed by atoms with Crippen molar-refractivity contribution in [2.45, 2.75) is 58.7 Å². The van der Waals surface area contributed by atoms with Crippen LogP contribution < -0.4 is 30.9 Å². The molecule has 7 heteroatoms. The van der Waals surface area contributed by atoms with Gasteiger partial charge in [0.05, 0.1) is 0 Å². The molecule has 0 saturated carbocycles. The smallest absolute Gasteiger partial charge is 0.406 e. The molecule has 2 aliphatic heterocycles. The Morgan fingerprint density at radius 1 is 0.481 bits per heavy atom. The summed E-state index contributed by atoms with van der Waals surface area (Å²) in [6, 6.07) is 44.7. The molecule has 0 saturated heterocycles. The minimum Gasteiger partial charge on any atom is -0.406 e. The van der Waals surface area contributed by atoms with Gasteiger partial charge in [0.2, 0.25) is 0 Å². The highest BCUT2D eigenvalue weighted by atomic mass is 19.4. The summed E-state index contributed by atoms with van der Waals surface area (Å²) in [5, 5.41) is 4.32. The van der Waals surface area contributed by atoms with Crippen LogP contribution in [-0.4, -0.2) is 13.1 Å². The summed E-state index contributed by atoms with van der Waals surface area (Å²) in [5.41, 5.74) is 10.1. The van der Waals surface area contributed by atoms with Gasteiger partial charge in [0.15, 0.2) is 0 Å². The predicted molar refractivity (Wildman–Crippen MR) is 220 cm³/mol. The lowest BCUT2D eigenvalue weighted by atomic mass is 9.32. The minimum atomic E-state index is -4.89. The topological polar surface area (TPSA) is 15.7 Å². The number of nitrogens with zero attached hydrogens (tertiary/aromatic N) is 2. The molecule has 0 amide bonds. The Morgan fingerprint density at radius 2 is 0.852 bits per heavy atom. The van der Waals surface area contributed by atoms with Crippen LogP contribution in [0.1, 0.15) is 52.7 Å². The monoisotopic (exact) mass is 716 g/mol. The first-order valence-electron chi connectivity index (χ1n) is 18.5. The molecule has 9 rings (SSSR count).